The first-order valence-corrected chi connectivity index (χ1v) is 7.97. The molecule has 27 heavy (non-hydrogen) atoms. The Kier molecular flexibility index (Phi) is 5.58. The first-order valence-electron chi connectivity index (χ1n) is 7.97. The molecule has 8 heteroatoms. The molecule has 3 aromatic rings. The lowest BCUT2D eigenvalue weighted by molar-refractivity contribution is -0.390. The Morgan fingerprint density at radius 2 is 1.70 bits per heavy atom. The molecule has 0 aliphatic rings. The highest BCUT2D eigenvalue weighted by Gasteiger charge is 2.16. The smallest absolute Gasteiger partial charge is 0.406 e. The van der Waals surface area contributed by atoms with Gasteiger partial charge in [-0.25, -0.2) is 0 Å². The molecule has 0 unspecified atom stereocenters. The molecule has 0 radical (unpaired) electrons. The maximum atomic E-state index is 12.0. The lowest BCUT2D eigenvalue weighted by Gasteiger charge is -2.09. The Labute approximate surface area is 154 Å². The number of amides is 1. The summed E-state index contributed by atoms with van der Waals surface area (Å²) >= 11 is 0. The summed E-state index contributed by atoms with van der Waals surface area (Å²) in [7, 11) is 0. The number of nitrogens with one attached hydrogen (secondary N) is 1. The van der Waals surface area contributed by atoms with Crippen molar-refractivity contribution in [3.63, 3.8) is 0 Å². The molecule has 0 saturated carbocycles. The van der Waals surface area contributed by atoms with Crippen LogP contribution in [-0.2, 0) is 4.79 Å². The second kappa shape index (κ2) is 8.43. The summed E-state index contributed by atoms with van der Waals surface area (Å²) in [6.07, 6.45) is 1.28. The van der Waals surface area contributed by atoms with Crippen molar-refractivity contribution in [1.29, 1.82) is 0 Å². The molecule has 0 aliphatic heterocycles. The van der Waals surface area contributed by atoms with Gasteiger partial charge >= 0.3 is 5.82 Å². The lowest BCUT2D eigenvalue weighted by atomic mass is 10.3. The number of anilines is 1. The topological polar surface area (TPSA) is 104 Å². The van der Waals surface area contributed by atoms with Crippen LogP contribution in [0.15, 0.2) is 72.9 Å². The minimum Gasteiger partial charge on any atom is -0.476 e. The van der Waals surface area contributed by atoms with Crippen LogP contribution in [0.5, 0.6) is 17.2 Å². The maximum Gasteiger partial charge on any atom is 0.406 e. The molecule has 1 N–H and O–H groups in total. The van der Waals surface area contributed by atoms with Crippen LogP contribution < -0.4 is 14.8 Å². The van der Waals surface area contributed by atoms with E-state index in [2.05, 4.69) is 10.3 Å². The van der Waals surface area contributed by atoms with E-state index < -0.39 is 16.6 Å². The number of ether oxygens (including phenoxy) is 2. The summed E-state index contributed by atoms with van der Waals surface area (Å²) < 4.78 is 10.9. The van der Waals surface area contributed by atoms with Gasteiger partial charge in [-0.2, -0.15) is 0 Å². The fraction of sp³-hybridized carbons (Fsp3) is 0.0526. The number of rotatable bonds is 7. The van der Waals surface area contributed by atoms with Crippen LogP contribution in [0.25, 0.3) is 0 Å². The Bertz CT molecular complexity index is 930. The molecule has 0 bridgehead atoms. The molecular weight excluding hydrogens is 350 g/mol. The highest BCUT2D eigenvalue weighted by Crippen LogP contribution is 2.24. The minimum atomic E-state index is -0.668. The van der Waals surface area contributed by atoms with Gasteiger partial charge < -0.3 is 24.9 Å². The minimum absolute atomic E-state index is 0.0655. The zero-order valence-electron chi connectivity index (χ0n) is 14.1. The normalized spacial score (nSPS) is 10.1. The molecule has 2 aromatic carbocycles. The summed E-state index contributed by atoms with van der Waals surface area (Å²) in [6.45, 7) is -0.380. The third-order valence-corrected chi connectivity index (χ3v) is 3.40. The molecule has 0 aliphatic carbocycles. The Balaban J connectivity index is 1.54. The zero-order chi connectivity index (χ0) is 19.1. The highest BCUT2D eigenvalue weighted by molar-refractivity contribution is 5.91. The van der Waals surface area contributed by atoms with Gasteiger partial charge in [0.05, 0.1) is 0 Å². The van der Waals surface area contributed by atoms with Gasteiger partial charge in [0, 0.05) is 5.69 Å². The molecule has 0 spiro atoms. The van der Waals surface area contributed by atoms with E-state index in [4.69, 9.17) is 9.47 Å². The first kappa shape index (κ1) is 17.9. The molecule has 1 aromatic heterocycles. The molecule has 1 heterocycles. The van der Waals surface area contributed by atoms with E-state index >= 15 is 0 Å². The van der Waals surface area contributed by atoms with E-state index in [0.717, 1.165) is 0 Å². The van der Waals surface area contributed by atoms with Crippen LogP contribution in [0.4, 0.5) is 11.5 Å². The molecular formula is C19H15N3O5. The number of para-hydroxylation sites is 1. The van der Waals surface area contributed by atoms with E-state index in [-0.39, 0.29) is 12.4 Å². The molecule has 0 fully saturated rings. The van der Waals surface area contributed by atoms with Crippen molar-refractivity contribution in [3.8, 4) is 17.2 Å². The SMILES string of the molecule is O=C(COc1cccnc1[N+](=O)[O-])Nc1ccc(Oc2ccccc2)cc1. The molecule has 3 rings (SSSR count). The molecule has 136 valence electrons. The van der Waals surface area contributed by atoms with Gasteiger partial charge in [0.2, 0.25) is 5.75 Å². The van der Waals surface area contributed by atoms with Crippen LogP contribution in [-0.4, -0.2) is 22.4 Å². The van der Waals surface area contributed by atoms with Gasteiger partial charge in [0.15, 0.2) is 6.61 Å². The van der Waals surface area contributed by atoms with Crippen molar-refractivity contribution in [1.82, 2.24) is 4.98 Å². The number of nitrogens with zero attached hydrogens (tertiary/aromatic N) is 2. The van der Waals surface area contributed by atoms with E-state index in [1.807, 2.05) is 30.3 Å². The van der Waals surface area contributed by atoms with Gasteiger partial charge in [0.1, 0.15) is 17.7 Å². The van der Waals surface area contributed by atoms with Crippen LogP contribution in [0.1, 0.15) is 0 Å². The molecule has 0 atom stereocenters. The lowest BCUT2D eigenvalue weighted by Crippen LogP contribution is -2.20. The maximum absolute atomic E-state index is 12.0. The number of carbonyl (C=O) groups is 1. The van der Waals surface area contributed by atoms with Crippen LogP contribution in [0.3, 0.4) is 0 Å². The highest BCUT2D eigenvalue weighted by atomic mass is 16.6. The number of carbonyl (C=O) groups excluding carboxylic acids is 1. The van der Waals surface area contributed by atoms with Gasteiger partial charge in [0.25, 0.3) is 5.91 Å². The van der Waals surface area contributed by atoms with E-state index in [1.54, 1.807) is 24.3 Å². The number of aromatic nitrogens is 1. The van der Waals surface area contributed by atoms with Gasteiger partial charge in [-0.3, -0.25) is 4.79 Å². The van der Waals surface area contributed by atoms with E-state index in [1.165, 1.54) is 18.3 Å². The van der Waals surface area contributed by atoms with Crippen molar-refractivity contribution in [2.45, 2.75) is 0 Å². The predicted octanol–water partition coefficient (Wildman–Crippen LogP) is 3.80. The number of pyridine rings is 1. The van der Waals surface area contributed by atoms with Gasteiger partial charge in [-0.05, 0) is 58.4 Å². The number of hydrogen-bond acceptors (Lipinski definition) is 6. The van der Waals surface area contributed by atoms with Crippen LogP contribution >= 0.6 is 0 Å². The summed E-state index contributed by atoms with van der Waals surface area (Å²) in [5.41, 5.74) is 0.546. The second-order valence-electron chi connectivity index (χ2n) is 5.36. The number of nitro groups is 1. The summed E-state index contributed by atoms with van der Waals surface area (Å²) in [5, 5.41) is 13.5. The van der Waals surface area contributed by atoms with Crippen molar-refractivity contribution in [3.05, 3.63) is 83.0 Å². The van der Waals surface area contributed by atoms with Crippen molar-refractivity contribution in [2.24, 2.45) is 0 Å². The van der Waals surface area contributed by atoms with Crippen molar-refractivity contribution < 1.29 is 19.2 Å². The van der Waals surface area contributed by atoms with Crippen LogP contribution in [0, 0.1) is 10.1 Å². The number of benzene rings is 2. The first-order chi connectivity index (χ1) is 13.1. The van der Waals surface area contributed by atoms with E-state index in [9.17, 15) is 14.9 Å². The molecule has 0 saturated heterocycles. The molecule has 1 amide bonds. The quantitative estimate of drug-likeness (QED) is 0.504. The van der Waals surface area contributed by atoms with Gasteiger partial charge in [-0.1, -0.05) is 18.2 Å². The summed E-state index contributed by atoms with van der Waals surface area (Å²) in [6, 6.07) is 19.0. The monoisotopic (exact) mass is 365 g/mol. The predicted molar refractivity (Wildman–Crippen MR) is 98.0 cm³/mol. The Hall–Kier alpha value is -3.94. The van der Waals surface area contributed by atoms with Gasteiger partial charge in [-0.15, -0.1) is 0 Å². The Morgan fingerprint density at radius 1 is 1.00 bits per heavy atom. The summed E-state index contributed by atoms with van der Waals surface area (Å²) in [4.78, 5) is 25.8. The average molecular weight is 365 g/mol. The van der Waals surface area contributed by atoms with E-state index in [0.29, 0.717) is 17.2 Å². The largest absolute Gasteiger partial charge is 0.476 e. The average Bonchev–Trinajstić information content (AvgIpc) is 2.69. The summed E-state index contributed by atoms with van der Waals surface area (Å²) in [5.74, 6) is 0.379. The fourth-order valence-corrected chi connectivity index (χ4v) is 2.20. The zero-order valence-corrected chi connectivity index (χ0v) is 14.1. The third-order valence-electron chi connectivity index (χ3n) is 3.40. The standard InChI is InChI=1S/C19H15N3O5/c23-18(13-26-17-7-4-12-20-19(17)22(24)25)21-14-8-10-16(11-9-14)27-15-5-2-1-3-6-15/h1-12H,13H2,(H,21,23). The molecule has 8 nitrogen and oxygen atoms in total. The Morgan fingerprint density at radius 3 is 2.41 bits per heavy atom. The number of hydrogen-bond donors (Lipinski definition) is 1. The van der Waals surface area contributed by atoms with Crippen molar-refractivity contribution in [2.75, 3.05) is 11.9 Å². The third kappa shape index (κ3) is 5.02. The van der Waals surface area contributed by atoms with Crippen molar-refractivity contribution >= 4 is 17.4 Å². The fourth-order valence-electron chi connectivity index (χ4n) is 2.20. The second-order valence-corrected chi connectivity index (χ2v) is 5.36. The van der Waals surface area contributed by atoms with Crippen LogP contribution in [0.2, 0.25) is 0 Å².